The first-order valence-corrected chi connectivity index (χ1v) is 4.76. The lowest BCUT2D eigenvalue weighted by atomic mass is 9.83. The zero-order valence-electron chi connectivity index (χ0n) is 8.38. The third-order valence-corrected chi connectivity index (χ3v) is 2.56. The molecule has 0 unspecified atom stereocenters. The van der Waals surface area contributed by atoms with Gasteiger partial charge in [0.25, 0.3) is 0 Å². The van der Waals surface area contributed by atoms with Crippen LogP contribution in [-0.2, 0) is 9.53 Å². The number of ether oxygens (including phenoxy) is 1. The fraction of sp³-hybridized carbons (Fsp3) is 0.778. The van der Waals surface area contributed by atoms with Gasteiger partial charge in [0, 0.05) is 18.9 Å². The summed E-state index contributed by atoms with van der Waals surface area (Å²) < 4.78 is 40.2. The van der Waals surface area contributed by atoms with E-state index < -0.39 is 17.7 Å². The molecule has 1 fully saturated rings. The van der Waals surface area contributed by atoms with Gasteiger partial charge in [-0.1, -0.05) is 0 Å². The minimum absolute atomic E-state index is 0.0481. The molecular weight excluding hydrogens is 225 g/mol. The topological polar surface area (TPSA) is 76.1 Å². The van der Waals surface area contributed by atoms with Gasteiger partial charge >= 0.3 is 12.1 Å². The molecule has 1 saturated carbocycles. The smallest absolute Gasteiger partial charge is 0.437 e. The predicted octanol–water partition coefficient (Wildman–Crippen LogP) is 1.26. The highest BCUT2D eigenvalue weighted by Gasteiger charge is 2.47. The van der Waals surface area contributed by atoms with E-state index in [4.69, 9.17) is 11.0 Å². The highest BCUT2D eigenvalue weighted by molar-refractivity contribution is 5.76. The van der Waals surface area contributed by atoms with Crippen LogP contribution < -0.4 is 5.73 Å². The van der Waals surface area contributed by atoms with Crippen LogP contribution in [0.4, 0.5) is 13.2 Å². The summed E-state index contributed by atoms with van der Waals surface area (Å²) in [6.07, 6.45) is -4.22. The average Bonchev–Trinajstić information content (AvgIpc) is 2.20. The Balaban J connectivity index is 2.70. The first kappa shape index (κ1) is 12.8. The molecule has 0 aromatic carbocycles. The molecule has 4 nitrogen and oxygen atoms in total. The summed E-state index contributed by atoms with van der Waals surface area (Å²) in [6, 6.07) is 1.50. The lowest BCUT2D eigenvalue weighted by Gasteiger charge is -2.33. The number of nitriles is 1. The van der Waals surface area contributed by atoms with Crippen molar-refractivity contribution in [3.05, 3.63) is 0 Å². The average molecular weight is 236 g/mol. The first-order valence-electron chi connectivity index (χ1n) is 4.76. The number of carbonyl (C=O) groups is 1. The maximum Gasteiger partial charge on any atom is 0.490 e. The van der Waals surface area contributed by atoms with Crippen LogP contribution >= 0.6 is 0 Å². The van der Waals surface area contributed by atoms with Crippen LogP contribution in [-0.4, -0.2) is 23.8 Å². The van der Waals surface area contributed by atoms with Gasteiger partial charge in [-0.25, -0.2) is 4.79 Å². The molecule has 90 valence electrons. The summed E-state index contributed by atoms with van der Waals surface area (Å²) in [6.45, 7) is 0. The van der Waals surface area contributed by atoms with Crippen molar-refractivity contribution in [1.82, 2.24) is 0 Å². The monoisotopic (exact) mass is 236 g/mol. The van der Waals surface area contributed by atoms with Crippen molar-refractivity contribution in [2.24, 2.45) is 5.73 Å². The van der Waals surface area contributed by atoms with Gasteiger partial charge in [0.15, 0.2) is 5.60 Å². The lowest BCUT2D eigenvalue weighted by Crippen LogP contribution is -2.44. The van der Waals surface area contributed by atoms with Crippen molar-refractivity contribution in [2.75, 3.05) is 0 Å². The largest absolute Gasteiger partial charge is 0.490 e. The van der Waals surface area contributed by atoms with E-state index in [1.54, 1.807) is 6.07 Å². The van der Waals surface area contributed by atoms with E-state index >= 15 is 0 Å². The summed E-state index contributed by atoms with van der Waals surface area (Å²) in [4.78, 5) is 10.6. The second-order valence-electron chi connectivity index (χ2n) is 3.83. The molecule has 0 bridgehead atoms. The quantitative estimate of drug-likeness (QED) is 0.695. The maximum absolute atomic E-state index is 12.0. The molecule has 7 heteroatoms. The Morgan fingerprint density at radius 2 is 1.94 bits per heavy atom. The Morgan fingerprint density at radius 1 is 1.44 bits per heavy atom. The molecule has 1 aliphatic carbocycles. The fourth-order valence-electron chi connectivity index (χ4n) is 1.58. The molecule has 0 radical (unpaired) electrons. The highest BCUT2D eigenvalue weighted by atomic mass is 19.4. The summed E-state index contributed by atoms with van der Waals surface area (Å²) >= 11 is 0. The Hall–Kier alpha value is -1.29. The molecule has 0 atom stereocenters. The molecule has 0 aromatic heterocycles. The Bertz CT molecular complexity index is 314. The van der Waals surface area contributed by atoms with Crippen molar-refractivity contribution in [3.8, 4) is 6.07 Å². The molecule has 0 saturated heterocycles. The van der Waals surface area contributed by atoms with Gasteiger partial charge in [-0.05, 0) is 12.8 Å². The van der Waals surface area contributed by atoms with Crippen molar-refractivity contribution >= 4 is 5.97 Å². The molecule has 0 aliphatic heterocycles. The minimum atomic E-state index is -5.07. The van der Waals surface area contributed by atoms with E-state index in [0.29, 0.717) is 12.8 Å². The number of rotatable bonds is 1. The molecule has 16 heavy (non-hydrogen) atoms. The molecule has 0 spiro atoms. The van der Waals surface area contributed by atoms with Gasteiger partial charge in [-0.15, -0.1) is 0 Å². The molecule has 2 N–H and O–H groups in total. The molecule has 1 aliphatic rings. The summed E-state index contributed by atoms with van der Waals surface area (Å²) in [5, 5.41) is 8.81. The van der Waals surface area contributed by atoms with Gasteiger partial charge in [-0.3, -0.25) is 0 Å². The van der Waals surface area contributed by atoms with Crippen LogP contribution in [0.3, 0.4) is 0 Å². The zero-order valence-corrected chi connectivity index (χ0v) is 8.38. The van der Waals surface area contributed by atoms with Gasteiger partial charge in [0.2, 0.25) is 0 Å². The van der Waals surface area contributed by atoms with Crippen molar-refractivity contribution in [3.63, 3.8) is 0 Å². The standard InChI is InChI=1S/C9H11F3N2O2/c10-9(11,12)7(15)16-8(5-13)3-1-6(14)2-4-8/h6H,1-4,14H2. The number of carbonyl (C=O) groups excluding carboxylic acids is 1. The molecule has 0 aromatic rings. The number of hydrogen-bond donors (Lipinski definition) is 1. The highest BCUT2D eigenvalue weighted by Crippen LogP contribution is 2.32. The lowest BCUT2D eigenvalue weighted by molar-refractivity contribution is -0.211. The van der Waals surface area contributed by atoms with E-state index in [0.717, 1.165) is 0 Å². The Labute approximate surface area is 90.2 Å². The minimum Gasteiger partial charge on any atom is -0.437 e. The summed E-state index contributed by atoms with van der Waals surface area (Å²) in [5.41, 5.74) is 3.89. The number of nitrogens with zero attached hydrogens (tertiary/aromatic N) is 1. The van der Waals surface area contributed by atoms with Crippen LogP contribution in [0.2, 0.25) is 0 Å². The van der Waals surface area contributed by atoms with Crippen molar-refractivity contribution in [2.45, 2.75) is 43.5 Å². The number of esters is 1. The van der Waals surface area contributed by atoms with E-state index in [1.165, 1.54) is 0 Å². The van der Waals surface area contributed by atoms with Crippen molar-refractivity contribution < 1.29 is 22.7 Å². The molecule has 1 rings (SSSR count). The van der Waals surface area contributed by atoms with E-state index in [9.17, 15) is 18.0 Å². The van der Waals surface area contributed by atoms with Gasteiger partial charge in [0.1, 0.15) is 6.07 Å². The van der Waals surface area contributed by atoms with E-state index in [-0.39, 0.29) is 18.9 Å². The van der Waals surface area contributed by atoms with Crippen LogP contribution in [0.5, 0.6) is 0 Å². The van der Waals surface area contributed by atoms with Crippen LogP contribution in [0.15, 0.2) is 0 Å². The maximum atomic E-state index is 12.0. The third-order valence-electron chi connectivity index (χ3n) is 2.56. The fourth-order valence-corrected chi connectivity index (χ4v) is 1.58. The SMILES string of the molecule is N#CC1(OC(=O)C(F)(F)F)CCC(N)CC1. The zero-order chi connectivity index (χ0) is 12.4. The molecule has 0 heterocycles. The van der Waals surface area contributed by atoms with E-state index in [1.807, 2.05) is 0 Å². The second-order valence-corrected chi connectivity index (χ2v) is 3.83. The van der Waals surface area contributed by atoms with Crippen LogP contribution in [0, 0.1) is 11.3 Å². The number of halogens is 3. The van der Waals surface area contributed by atoms with Gasteiger partial charge in [-0.2, -0.15) is 18.4 Å². The molecule has 0 amide bonds. The van der Waals surface area contributed by atoms with Crippen LogP contribution in [0.25, 0.3) is 0 Å². The predicted molar refractivity (Wildman–Crippen MR) is 46.9 cm³/mol. The third kappa shape index (κ3) is 2.85. The summed E-state index contributed by atoms with van der Waals surface area (Å²) in [7, 11) is 0. The van der Waals surface area contributed by atoms with E-state index in [2.05, 4.69) is 4.74 Å². The Kier molecular flexibility index (Phi) is 3.43. The normalized spacial score (nSPS) is 30.6. The number of hydrogen-bond acceptors (Lipinski definition) is 4. The second kappa shape index (κ2) is 4.29. The number of nitrogens with two attached hydrogens (primary N) is 1. The van der Waals surface area contributed by atoms with Gasteiger partial charge in [0.05, 0.1) is 0 Å². The van der Waals surface area contributed by atoms with Crippen molar-refractivity contribution in [1.29, 1.82) is 5.26 Å². The van der Waals surface area contributed by atoms with Crippen LogP contribution in [0.1, 0.15) is 25.7 Å². The summed E-state index contributed by atoms with van der Waals surface area (Å²) in [5.74, 6) is -2.32. The van der Waals surface area contributed by atoms with Gasteiger partial charge < -0.3 is 10.5 Å². The Morgan fingerprint density at radius 3 is 2.31 bits per heavy atom. The molecular formula is C9H11F3N2O2. The first-order chi connectivity index (χ1) is 7.29. The number of alkyl halides is 3.